The van der Waals surface area contributed by atoms with Gasteiger partial charge in [-0.2, -0.15) is 0 Å². The van der Waals surface area contributed by atoms with Crippen LogP contribution >= 0.6 is 0 Å². The van der Waals surface area contributed by atoms with Gasteiger partial charge in [0.25, 0.3) is 0 Å². The second-order valence-electron chi connectivity index (χ2n) is 8.20. The van der Waals surface area contributed by atoms with Crippen LogP contribution in [-0.2, 0) is 4.79 Å². The quantitative estimate of drug-likeness (QED) is 0.810. The summed E-state index contributed by atoms with van der Waals surface area (Å²) in [5.74, 6) is 2.37. The summed E-state index contributed by atoms with van der Waals surface area (Å²) in [6.45, 7) is 7.35. The lowest BCUT2D eigenvalue weighted by atomic mass is 9.88. The van der Waals surface area contributed by atoms with Crippen molar-refractivity contribution in [2.45, 2.75) is 46.0 Å². The van der Waals surface area contributed by atoms with E-state index in [1.54, 1.807) is 0 Å². The predicted molar refractivity (Wildman–Crippen MR) is 112 cm³/mol. The highest BCUT2D eigenvalue weighted by Gasteiger charge is 2.28. The highest BCUT2D eigenvalue weighted by Crippen LogP contribution is 2.27. The van der Waals surface area contributed by atoms with Gasteiger partial charge in [0, 0.05) is 49.4 Å². The Morgan fingerprint density at radius 3 is 2.29 bits per heavy atom. The molecule has 0 atom stereocenters. The summed E-state index contributed by atoms with van der Waals surface area (Å²) in [6, 6.07) is 10.4. The van der Waals surface area contributed by atoms with Gasteiger partial charge in [-0.05, 0) is 26.7 Å². The molecule has 148 valence electrons. The first-order valence-corrected chi connectivity index (χ1v) is 10.6. The number of aromatic nitrogens is 2. The van der Waals surface area contributed by atoms with Crippen LogP contribution in [0.3, 0.4) is 0 Å². The number of hydrogen-bond donors (Lipinski definition) is 0. The van der Waals surface area contributed by atoms with E-state index in [1.165, 1.54) is 24.8 Å². The first kappa shape index (κ1) is 18.9. The third-order valence-electron chi connectivity index (χ3n) is 6.02. The molecule has 2 aliphatic rings. The highest BCUT2D eigenvalue weighted by atomic mass is 16.2. The number of rotatable bonds is 3. The summed E-state index contributed by atoms with van der Waals surface area (Å²) in [4.78, 5) is 26.6. The van der Waals surface area contributed by atoms with Gasteiger partial charge in [0.15, 0.2) is 5.82 Å². The molecule has 5 nitrogen and oxygen atoms in total. The van der Waals surface area contributed by atoms with Gasteiger partial charge < -0.3 is 9.80 Å². The van der Waals surface area contributed by atoms with Crippen molar-refractivity contribution in [3.8, 4) is 11.4 Å². The maximum Gasteiger partial charge on any atom is 0.225 e. The van der Waals surface area contributed by atoms with E-state index in [9.17, 15) is 4.79 Å². The van der Waals surface area contributed by atoms with Gasteiger partial charge in [-0.25, -0.2) is 9.97 Å². The second kappa shape index (κ2) is 8.29. The number of carbonyl (C=O) groups is 1. The van der Waals surface area contributed by atoms with Crippen LogP contribution in [0.5, 0.6) is 0 Å². The maximum absolute atomic E-state index is 12.8. The molecule has 2 aromatic rings. The topological polar surface area (TPSA) is 49.3 Å². The van der Waals surface area contributed by atoms with E-state index in [4.69, 9.17) is 4.98 Å². The van der Waals surface area contributed by atoms with Gasteiger partial charge in [0.2, 0.25) is 5.91 Å². The molecule has 5 heteroatoms. The normalized spacial score (nSPS) is 18.4. The first-order chi connectivity index (χ1) is 13.6. The average Bonchev–Trinajstić information content (AvgIpc) is 2.74. The monoisotopic (exact) mass is 378 g/mol. The minimum Gasteiger partial charge on any atom is -0.353 e. The van der Waals surface area contributed by atoms with Crippen molar-refractivity contribution in [2.75, 3.05) is 31.1 Å². The highest BCUT2D eigenvalue weighted by molar-refractivity contribution is 5.79. The van der Waals surface area contributed by atoms with E-state index in [1.807, 2.05) is 6.92 Å². The molecule has 1 saturated heterocycles. The number of anilines is 1. The number of amides is 1. The van der Waals surface area contributed by atoms with Gasteiger partial charge >= 0.3 is 0 Å². The third kappa shape index (κ3) is 4.18. The Hall–Kier alpha value is -2.43. The summed E-state index contributed by atoms with van der Waals surface area (Å²) in [5.41, 5.74) is 3.25. The summed E-state index contributed by atoms with van der Waals surface area (Å²) in [5, 5.41) is 0. The zero-order valence-corrected chi connectivity index (χ0v) is 17.0. The van der Waals surface area contributed by atoms with Crippen LogP contribution < -0.4 is 4.90 Å². The van der Waals surface area contributed by atoms with E-state index >= 15 is 0 Å². The summed E-state index contributed by atoms with van der Waals surface area (Å²) >= 11 is 0. The molecule has 1 aromatic heterocycles. The fraction of sp³-hybridized carbons (Fsp3) is 0.522. The van der Waals surface area contributed by atoms with Crippen LogP contribution in [0, 0.1) is 19.8 Å². The molecular weight excluding hydrogens is 348 g/mol. The molecule has 28 heavy (non-hydrogen) atoms. The van der Waals surface area contributed by atoms with Crippen LogP contribution in [0.15, 0.2) is 30.3 Å². The molecule has 2 fully saturated rings. The molecule has 1 saturated carbocycles. The number of carbonyl (C=O) groups excluding carboxylic acids is 1. The van der Waals surface area contributed by atoms with Crippen molar-refractivity contribution >= 4 is 11.7 Å². The lowest BCUT2D eigenvalue weighted by Crippen LogP contribution is -2.50. The molecule has 1 aromatic carbocycles. The SMILES string of the molecule is Cc1ccc(-c2nc(C)cc(N3CCN(C(=O)C4CCCCC4)CC3)n2)cc1. The minimum absolute atomic E-state index is 0.259. The second-order valence-corrected chi connectivity index (χ2v) is 8.20. The minimum atomic E-state index is 0.259. The Bertz CT molecular complexity index is 819. The Balaban J connectivity index is 1.44. The van der Waals surface area contributed by atoms with E-state index in [-0.39, 0.29) is 5.92 Å². The number of nitrogens with zero attached hydrogens (tertiary/aromatic N) is 4. The lowest BCUT2D eigenvalue weighted by Gasteiger charge is -2.37. The molecule has 0 N–H and O–H groups in total. The number of hydrogen-bond acceptors (Lipinski definition) is 4. The molecule has 0 spiro atoms. The Morgan fingerprint density at radius 1 is 0.929 bits per heavy atom. The summed E-state index contributed by atoms with van der Waals surface area (Å²) < 4.78 is 0. The fourth-order valence-corrected chi connectivity index (χ4v) is 4.31. The molecule has 0 radical (unpaired) electrons. The van der Waals surface area contributed by atoms with Gasteiger partial charge in [-0.3, -0.25) is 4.79 Å². The summed E-state index contributed by atoms with van der Waals surface area (Å²) in [7, 11) is 0. The molecule has 2 heterocycles. The van der Waals surface area contributed by atoms with Crippen LogP contribution in [0.25, 0.3) is 11.4 Å². The van der Waals surface area contributed by atoms with Gasteiger partial charge in [-0.15, -0.1) is 0 Å². The Morgan fingerprint density at radius 2 is 1.61 bits per heavy atom. The molecule has 0 bridgehead atoms. The molecule has 1 amide bonds. The molecule has 1 aliphatic carbocycles. The van der Waals surface area contributed by atoms with Gasteiger partial charge in [-0.1, -0.05) is 49.1 Å². The predicted octanol–water partition coefficient (Wildman–Crippen LogP) is 3.99. The summed E-state index contributed by atoms with van der Waals surface area (Å²) in [6.07, 6.45) is 5.85. The third-order valence-corrected chi connectivity index (χ3v) is 6.02. The lowest BCUT2D eigenvalue weighted by molar-refractivity contribution is -0.136. The Kier molecular flexibility index (Phi) is 5.60. The molecular formula is C23H30N4O. The van der Waals surface area contributed by atoms with Gasteiger partial charge in [0.1, 0.15) is 5.82 Å². The van der Waals surface area contributed by atoms with Crippen molar-refractivity contribution < 1.29 is 4.79 Å². The van der Waals surface area contributed by atoms with E-state index in [2.05, 4.69) is 52.0 Å². The van der Waals surface area contributed by atoms with Crippen molar-refractivity contribution in [1.82, 2.24) is 14.9 Å². The maximum atomic E-state index is 12.8. The number of benzene rings is 1. The standard InChI is InChI=1S/C23H30N4O/c1-17-8-10-19(11-9-17)22-24-18(2)16-21(25-22)26-12-14-27(15-13-26)23(28)20-6-4-3-5-7-20/h8-11,16,20H,3-7,12-15H2,1-2H3. The number of aryl methyl sites for hydroxylation is 2. The van der Waals surface area contributed by atoms with Crippen LogP contribution in [0.1, 0.15) is 43.4 Å². The zero-order chi connectivity index (χ0) is 19.5. The van der Waals surface area contributed by atoms with Crippen LogP contribution in [-0.4, -0.2) is 47.0 Å². The largest absolute Gasteiger partial charge is 0.353 e. The van der Waals surface area contributed by atoms with Crippen molar-refractivity contribution in [3.63, 3.8) is 0 Å². The van der Waals surface area contributed by atoms with Crippen molar-refractivity contribution in [3.05, 3.63) is 41.6 Å². The number of piperazine rings is 1. The van der Waals surface area contributed by atoms with E-state index < -0.39 is 0 Å². The molecule has 0 unspecified atom stereocenters. The van der Waals surface area contributed by atoms with E-state index in [0.29, 0.717) is 5.91 Å². The molecule has 4 rings (SSSR count). The molecule has 1 aliphatic heterocycles. The van der Waals surface area contributed by atoms with Gasteiger partial charge in [0.05, 0.1) is 0 Å². The van der Waals surface area contributed by atoms with Crippen molar-refractivity contribution in [2.24, 2.45) is 5.92 Å². The zero-order valence-electron chi connectivity index (χ0n) is 17.0. The smallest absolute Gasteiger partial charge is 0.225 e. The fourth-order valence-electron chi connectivity index (χ4n) is 4.31. The Labute approximate surface area is 167 Å². The van der Waals surface area contributed by atoms with Crippen molar-refractivity contribution in [1.29, 1.82) is 0 Å². The first-order valence-electron chi connectivity index (χ1n) is 10.6. The average molecular weight is 379 g/mol. The van der Waals surface area contributed by atoms with Crippen LogP contribution in [0.2, 0.25) is 0 Å². The van der Waals surface area contributed by atoms with E-state index in [0.717, 1.165) is 61.9 Å². The van der Waals surface area contributed by atoms with Crippen LogP contribution in [0.4, 0.5) is 5.82 Å².